The van der Waals surface area contributed by atoms with Crippen LogP contribution in [0.1, 0.15) is 116 Å². The Balaban J connectivity index is 0.000000209. The number of primary amides is 2. The summed E-state index contributed by atoms with van der Waals surface area (Å²) >= 11 is 0. The molecule has 2 atom stereocenters. The van der Waals surface area contributed by atoms with E-state index in [-0.39, 0.29) is 37.1 Å². The molecule has 4 aromatic carbocycles. The highest BCUT2D eigenvalue weighted by atomic mass is 19.4. The highest BCUT2D eigenvalue weighted by Crippen LogP contribution is 2.34. The SMILES string of the molecule is CN1CCCC(c2ccc(Cc3ncc(C(F)(F)F)c(CCc4ccccc4CC(N)=O)n3)cc2)C1.NC(=O)Cc1ccccc1CCc1nc(Cc2ccc(C3CCCNC3)cc2)ncc1C(F)(F)F. The van der Waals surface area contributed by atoms with Gasteiger partial charge in [-0.2, -0.15) is 26.3 Å². The summed E-state index contributed by atoms with van der Waals surface area (Å²) in [5.41, 5.74) is 16.4. The van der Waals surface area contributed by atoms with E-state index in [1.807, 2.05) is 24.3 Å². The molecular formula is C55H60F6N8O2. The normalized spacial score (nSPS) is 16.5. The van der Waals surface area contributed by atoms with Gasteiger partial charge in [0.15, 0.2) is 0 Å². The molecular weight excluding hydrogens is 919 g/mol. The summed E-state index contributed by atoms with van der Waals surface area (Å²) < 4.78 is 82.0. The molecule has 2 aliphatic rings. The van der Waals surface area contributed by atoms with E-state index in [2.05, 4.69) is 61.5 Å². The second-order valence-electron chi connectivity index (χ2n) is 18.6. The molecule has 0 spiro atoms. The molecule has 2 saturated heterocycles. The number of likely N-dealkylation sites (tertiary alicyclic amines) is 1. The number of carbonyl (C=O) groups excluding carboxylic acids is 2. The highest BCUT2D eigenvalue weighted by Gasteiger charge is 2.36. The van der Waals surface area contributed by atoms with Gasteiger partial charge in [0.1, 0.15) is 11.6 Å². The van der Waals surface area contributed by atoms with Gasteiger partial charge in [0.25, 0.3) is 0 Å². The molecule has 16 heteroatoms. The number of halogens is 6. The average molecular weight is 979 g/mol. The number of aryl methyl sites for hydroxylation is 4. The van der Waals surface area contributed by atoms with Crippen LogP contribution in [0.15, 0.2) is 109 Å². The van der Waals surface area contributed by atoms with Crippen LogP contribution >= 0.6 is 0 Å². The third-order valence-electron chi connectivity index (χ3n) is 13.2. The number of nitrogens with one attached hydrogen (secondary N) is 1. The fourth-order valence-electron chi connectivity index (χ4n) is 9.53. The molecule has 0 aliphatic carbocycles. The number of nitrogens with two attached hydrogens (primary N) is 2. The zero-order valence-corrected chi connectivity index (χ0v) is 39.8. The van der Waals surface area contributed by atoms with Crippen LogP contribution in [0.4, 0.5) is 26.3 Å². The van der Waals surface area contributed by atoms with Crippen molar-refractivity contribution in [2.75, 3.05) is 33.2 Å². The van der Waals surface area contributed by atoms with Gasteiger partial charge in [-0.25, -0.2) is 19.9 Å². The maximum atomic E-state index is 13.7. The summed E-state index contributed by atoms with van der Waals surface area (Å²) in [6.45, 7) is 4.18. The minimum absolute atomic E-state index is 0.0387. The average Bonchev–Trinajstić information content (AvgIpc) is 3.33. The Morgan fingerprint density at radius 3 is 1.45 bits per heavy atom. The molecule has 8 rings (SSSR count). The maximum absolute atomic E-state index is 13.7. The number of benzene rings is 4. The van der Waals surface area contributed by atoms with Gasteiger partial charge < -0.3 is 21.7 Å². The molecule has 2 aliphatic heterocycles. The molecule has 10 nitrogen and oxygen atoms in total. The molecule has 0 saturated carbocycles. The topological polar surface area (TPSA) is 153 Å². The molecule has 2 amide bonds. The number of carbonyl (C=O) groups is 2. The van der Waals surface area contributed by atoms with E-state index >= 15 is 0 Å². The van der Waals surface area contributed by atoms with Crippen LogP contribution in [0.2, 0.25) is 0 Å². The summed E-state index contributed by atoms with van der Waals surface area (Å²) in [5, 5.41) is 3.41. The smallest absolute Gasteiger partial charge is 0.369 e. The van der Waals surface area contributed by atoms with Crippen LogP contribution < -0.4 is 16.8 Å². The summed E-state index contributed by atoms with van der Waals surface area (Å²) in [7, 11) is 2.14. The van der Waals surface area contributed by atoms with Gasteiger partial charge >= 0.3 is 12.4 Å². The summed E-state index contributed by atoms with van der Waals surface area (Å²) in [6, 6.07) is 30.7. The van der Waals surface area contributed by atoms with Gasteiger partial charge in [0, 0.05) is 38.3 Å². The molecule has 71 heavy (non-hydrogen) atoms. The van der Waals surface area contributed by atoms with Crippen LogP contribution in [0.5, 0.6) is 0 Å². The minimum Gasteiger partial charge on any atom is -0.369 e. The van der Waals surface area contributed by atoms with E-state index in [0.717, 1.165) is 91.2 Å². The number of aromatic nitrogens is 4. The third-order valence-corrected chi connectivity index (χ3v) is 13.2. The lowest BCUT2D eigenvalue weighted by Crippen LogP contribution is -2.30. The van der Waals surface area contributed by atoms with E-state index in [4.69, 9.17) is 11.5 Å². The number of rotatable bonds is 16. The lowest BCUT2D eigenvalue weighted by Gasteiger charge is -2.30. The van der Waals surface area contributed by atoms with Gasteiger partial charge in [0.05, 0.1) is 35.4 Å². The number of amides is 2. The Morgan fingerprint density at radius 2 is 1.04 bits per heavy atom. The standard InChI is InChI=1S/C28H31F3N4O.C27H29F3N4O/c1-35-14-4-7-23(18-35)21-10-8-19(9-11-21)15-27-33-17-24(28(29,30)31)25(34-27)13-12-20-5-2-3-6-22(20)16-26(32)36;28-27(29,30)23-17-33-26(14-18-7-9-20(10-8-18)22-6-3-13-32-16-22)34-24(23)12-11-19-4-1-2-5-21(19)15-25(31)35/h2-3,5-6,8-11,17,23H,4,7,12-16,18H2,1H3,(H2,32,36);1-2,4-5,7-10,17,22,32H,3,6,11-16H2,(H2,31,35). The number of hydrogen-bond acceptors (Lipinski definition) is 8. The predicted octanol–water partition coefficient (Wildman–Crippen LogP) is 9.07. The Bertz CT molecular complexity index is 2720. The molecule has 6 aromatic rings. The number of nitrogens with zero attached hydrogens (tertiary/aromatic N) is 5. The van der Waals surface area contributed by atoms with Crippen molar-refractivity contribution in [1.29, 1.82) is 0 Å². The first-order valence-corrected chi connectivity index (χ1v) is 24.1. The zero-order chi connectivity index (χ0) is 50.5. The van der Waals surface area contributed by atoms with Gasteiger partial charge in [0.2, 0.25) is 11.8 Å². The predicted molar refractivity (Wildman–Crippen MR) is 260 cm³/mol. The van der Waals surface area contributed by atoms with Crippen molar-refractivity contribution in [3.8, 4) is 0 Å². The lowest BCUT2D eigenvalue weighted by atomic mass is 9.90. The summed E-state index contributed by atoms with van der Waals surface area (Å²) in [6.07, 6.45) is -1.09. The van der Waals surface area contributed by atoms with Crippen molar-refractivity contribution in [2.45, 2.75) is 101 Å². The number of piperidine rings is 2. The molecule has 2 aromatic heterocycles. The van der Waals surface area contributed by atoms with Gasteiger partial charge in [-0.3, -0.25) is 9.59 Å². The van der Waals surface area contributed by atoms with Crippen molar-refractivity contribution in [3.05, 3.63) is 188 Å². The molecule has 4 heterocycles. The molecule has 0 bridgehead atoms. The fourth-order valence-corrected chi connectivity index (χ4v) is 9.53. The number of alkyl halides is 6. The van der Waals surface area contributed by atoms with Crippen molar-refractivity contribution in [2.24, 2.45) is 11.5 Å². The number of likely N-dealkylation sites (N-methyl/N-ethyl adjacent to an activating group) is 1. The quantitative estimate of drug-likeness (QED) is 0.0813. The van der Waals surface area contributed by atoms with Gasteiger partial charge in [-0.05, 0) is 128 Å². The van der Waals surface area contributed by atoms with E-state index in [9.17, 15) is 35.9 Å². The van der Waals surface area contributed by atoms with Crippen LogP contribution in [0.25, 0.3) is 0 Å². The summed E-state index contributed by atoms with van der Waals surface area (Å²) in [4.78, 5) is 41.8. The van der Waals surface area contributed by atoms with E-state index in [1.54, 1.807) is 48.5 Å². The molecule has 374 valence electrons. The van der Waals surface area contributed by atoms with Gasteiger partial charge in [-0.15, -0.1) is 0 Å². The molecule has 5 N–H and O–H groups in total. The monoisotopic (exact) mass is 978 g/mol. The Labute approximate surface area is 410 Å². The van der Waals surface area contributed by atoms with Crippen molar-refractivity contribution in [1.82, 2.24) is 30.2 Å². The Hall–Kier alpha value is -6.52. The number of hydrogen-bond donors (Lipinski definition) is 3. The lowest BCUT2D eigenvalue weighted by molar-refractivity contribution is -0.139. The first-order chi connectivity index (χ1) is 34.0. The largest absolute Gasteiger partial charge is 0.419 e. The summed E-state index contributed by atoms with van der Waals surface area (Å²) in [5.74, 6) is 0.736. The second-order valence-corrected chi connectivity index (χ2v) is 18.6. The first-order valence-electron chi connectivity index (χ1n) is 24.1. The van der Waals surface area contributed by atoms with Crippen LogP contribution in [0.3, 0.4) is 0 Å². The van der Waals surface area contributed by atoms with Crippen molar-refractivity contribution in [3.63, 3.8) is 0 Å². The van der Waals surface area contributed by atoms with Crippen molar-refractivity contribution >= 4 is 11.8 Å². The van der Waals surface area contributed by atoms with E-state index in [1.165, 1.54) is 17.5 Å². The zero-order valence-electron chi connectivity index (χ0n) is 39.8. The van der Waals surface area contributed by atoms with Gasteiger partial charge in [-0.1, -0.05) is 97.1 Å². The highest BCUT2D eigenvalue weighted by molar-refractivity contribution is 5.77. The Kier molecular flexibility index (Phi) is 17.7. The van der Waals surface area contributed by atoms with Crippen LogP contribution in [-0.4, -0.2) is 69.9 Å². The third kappa shape index (κ3) is 15.2. The molecule has 2 unspecified atom stereocenters. The second kappa shape index (κ2) is 24.1. The van der Waals surface area contributed by atoms with Crippen LogP contribution in [-0.2, 0) is 73.3 Å². The van der Waals surface area contributed by atoms with Crippen molar-refractivity contribution < 1.29 is 35.9 Å². The van der Waals surface area contributed by atoms with E-state index in [0.29, 0.717) is 49.2 Å². The maximum Gasteiger partial charge on any atom is 0.419 e. The molecule has 2 fully saturated rings. The van der Waals surface area contributed by atoms with Crippen LogP contribution in [0, 0.1) is 0 Å². The minimum atomic E-state index is -4.55. The van der Waals surface area contributed by atoms with E-state index < -0.39 is 35.3 Å². The fraction of sp³-hybridized carbons (Fsp3) is 0.382. The Morgan fingerprint density at radius 1 is 0.606 bits per heavy atom. The molecule has 0 radical (unpaired) electrons. The first kappa shape index (κ1) is 52.3.